The van der Waals surface area contributed by atoms with E-state index in [0.29, 0.717) is 0 Å². The average Bonchev–Trinajstić information content (AvgIpc) is 2.67. The van der Waals surface area contributed by atoms with E-state index in [4.69, 9.17) is 0 Å². The summed E-state index contributed by atoms with van der Waals surface area (Å²) in [5, 5.41) is 7.50. The van der Waals surface area contributed by atoms with E-state index in [2.05, 4.69) is 40.0 Å². The predicted octanol–water partition coefficient (Wildman–Crippen LogP) is 1.33. The number of aryl methyl sites for hydroxylation is 1. The van der Waals surface area contributed by atoms with Crippen LogP contribution in [0.5, 0.6) is 0 Å². The molecule has 16 heavy (non-hydrogen) atoms. The number of nitrogens with one attached hydrogen (secondary N) is 1. The maximum atomic E-state index is 4.33. The Hall–Kier alpha value is -0.870. The first-order valence-electron chi connectivity index (χ1n) is 6.11. The molecule has 1 heterocycles. The van der Waals surface area contributed by atoms with Gasteiger partial charge in [-0.05, 0) is 46.1 Å². The third-order valence-electron chi connectivity index (χ3n) is 2.64. The Morgan fingerprint density at radius 1 is 1.50 bits per heavy atom. The quantitative estimate of drug-likeness (QED) is 0.676. The van der Waals surface area contributed by atoms with E-state index in [1.54, 1.807) is 0 Å². The first-order valence-corrected chi connectivity index (χ1v) is 6.11. The Bertz CT molecular complexity index is 282. The topological polar surface area (TPSA) is 33.1 Å². The Kier molecular flexibility index (Phi) is 6.11. The lowest BCUT2D eigenvalue weighted by Crippen LogP contribution is -2.24. The van der Waals surface area contributed by atoms with Crippen LogP contribution in [-0.2, 0) is 13.1 Å². The van der Waals surface area contributed by atoms with Crippen molar-refractivity contribution in [2.24, 2.45) is 0 Å². The molecule has 1 aromatic heterocycles. The molecule has 1 rings (SSSR count). The Morgan fingerprint density at radius 2 is 2.31 bits per heavy atom. The van der Waals surface area contributed by atoms with E-state index in [0.717, 1.165) is 32.6 Å². The molecule has 0 spiro atoms. The fourth-order valence-corrected chi connectivity index (χ4v) is 1.79. The van der Waals surface area contributed by atoms with Crippen LogP contribution >= 0.6 is 0 Å². The predicted molar refractivity (Wildman–Crippen MR) is 67.4 cm³/mol. The zero-order valence-corrected chi connectivity index (χ0v) is 10.7. The zero-order chi connectivity index (χ0) is 11.8. The molecule has 0 aliphatic rings. The summed E-state index contributed by atoms with van der Waals surface area (Å²) >= 11 is 0. The van der Waals surface area contributed by atoms with E-state index in [-0.39, 0.29) is 0 Å². The van der Waals surface area contributed by atoms with Crippen LogP contribution < -0.4 is 5.32 Å². The Morgan fingerprint density at radius 3 is 3.00 bits per heavy atom. The van der Waals surface area contributed by atoms with Crippen LogP contribution in [0.2, 0.25) is 0 Å². The molecule has 0 atom stereocenters. The van der Waals surface area contributed by atoms with Crippen LogP contribution in [0.1, 0.15) is 25.5 Å². The Balaban J connectivity index is 2.36. The minimum absolute atomic E-state index is 0.990. The van der Waals surface area contributed by atoms with Gasteiger partial charge in [-0.15, -0.1) is 0 Å². The van der Waals surface area contributed by atoms with Crippen molar-refractivity contribution >= 4 is 0 Å². The maximum Gasteiger partial charge on any atom is 0.0524 e. The van der Waals surface area contributed by atoms with E-state index < -0.39 is 0 Å². The van der Waals surface area contributed by atoms with Gasteiger partial charge in [0.15, 0.2) is 0 Å². The molecule has 92 valence electrons. The highest BCUT2D eigenvalue weighted by atomic mass is 15.3. The third-order valence-corrected chi connectivity index (χ3v) is 2.64. The number of aromatic nitrogens is 2. The standard InChI is InChI=1S/C12H24N4/c1-4-9-16-12(6-8-14-16)11-15(3)10-5-7-13-2/h6,8,13H,4-5,7,9-11H2,1-3H3. The van der Waals surface area contributed by atoms with Crippen LogP contribution in [0, 0.1) is 0 Å². The third kappa shape index (κ3) is 4.33. The minimum atomic E-state index is 0.990. The molecule has 4 heteroatoms. The second-order valence-electron chi connectivity index (χ2n) is 4.24. The molecule has 4 nitrogen and oxygen atoms in total. The lowest BCUT2D eigenvalue weighted by molar-refractivity contribution is 0.309. The fraction of sp³-hybridized carbons (Fsp3) is 0.750. The van der Waals surface area contributed by atoms with Gasteiger partial charge in [0.2, 0.25) is 0 Å². The van der Waals surface area contributed by atoms with Gasteiger partial charge in [0.05, 0.1) is 5.69 Å². The average molecular weight is 224 g/mol. The first kappa shape index (κ1) is 13.2. The molecule has 1 N–H and O–H groups in total. The van der Waals surface area contributed by atoms with E-state index in [9.17, 15) is 0 Å². The SMILES string of the molecule is CCCn1nccc1CN(C)CCCNC. The van der Waals surface area contributed by atoms with E-state index in [1.165, 1.54) is 12.1 Å². The highest BCUT2D eigenvalue weighted by molar-refractivity contribution is 5.00. The van der Waals surface area contributed by atoms with Crippen LogP contribution in [0.4, 0.5) is 0 Å². The maximum absolute atomic E-state index is 4.33. The summed E-state index contributed by atoms with van der Waals surface area (Å²) in [4.78, 5) is 2.35. The summed E-state index contributed by atoms with van der Waals surface area (Å²) in [6.45, 7) is 6.40. The van der Waals surface area contributed by atoms with E-state index in [1.807, 2.05) is 13.2 Å². The first-order chi connectivity index (χ1) is 7.77. The van der Waals surface area contributed by atoms with E-state index >= 15 is 0 Å². The molecule has 0 radical (unpaired) electrons. The van der Waals surface area contributed by atoms with Gasteiger partial charge >= 0.3 is 0 Å². The molecule has 0 bridgehead atoms. The van der Waals surface area contributed by atoms with Gasteiger partial charge in [0, 0.05) is 19.3 Å². The second kappa shape index (κ2) is 7.41. The molecular weight excluding hydrogens is 200 g/mol. The summed E-state index contributed by atoms with van der Waals surface area (Å²) < 4.78 is 2.11. The highest BCUT2D eigenvalue weighted by Gasteiger charge is 2.04. The lowest BCUT2D eigenvalue weighted by atomic mass is 10.3. The summed E-state index contributed by atoms with van der Waals surface area (Å²) in [7, 11) is 4.16. The number of hydrogen-bond donors (Lipinski definition) is 1. The zero-order valence-electron chi connectivity index (χ0n) is 10.7. The molecule has 1 aromatic rings. The lowest BCUT2D eigenvalue weighted by Gasteiger charge is -2.17. The molecule has 0 aromatic carbocycles. The van der Waals surface area contributed by atoms with Crippen LogP contribution in [0.15, 0.2) is 12.3 Å². The van der Waals surface area contributed by atoms with Gasteiger partial charge in [-0.25, -0.2) is 0 Å². The van der Waals surface area contributed by atoms with Gasteiger partial charge in [-0.2, -0.15) is 5.10 Å². The fourth-order valence-electron chi connectivity index (χ4n) is 1.79. The molecule has 0 fully saturated rings. The Labute approximate surface area is 98.6 Å². The largest absolute Gasteiger partial charge is 0.320 e. The second-order valence-corrected chi connectivity index (χ2v) is 4.24. The molecule has 0 aliphatic carbocycles. The number of rotatable bonds is 8. The van der Waals surface area contributed by atoms with Gasteiger partial charge in [0.1, 0.15) is 0 Å². The van der Waals surface area contributed by atoms with Gasteiger partial charge in [-0.1, -0.05) is 6.92 Å². The smallest absolute Gasteiger partial charge is 0.0524 e. The number of nitrogens with zero attached hydrogens (tertiary/aromatic N) is 3. The molecule has 0 aliphatic heterocycles. The van der Waals surface area contributed by atoms with Crippen molar-refractivity contribution in [1.29, 1.82) is 0 Å². The monoisotopic (exact) mass is 224 g/mol. The van der Waals surface area contributed by atoms with Crippen molar-refractivity contribution < 1.29 is 0 Å². The van der Waals surface area contributed by atoms with Crippen molar-refractivity contribution in [1.82, 2.24) is 20.0 Å². The summed E-state index contributed by atoms with van der Waals surface area (Å²) in [6, 6.07) is 2.12. The molecular formula is C12H24N4. The van der Waals surface area contributed by atoms with Gasteiger partial charge in [-0.3, -0.25) is 4.68 Å². The highest BCUT2D eigenvalue weighted by Crippen LogP contribution is 2.04. The van der Waals surface area contributed by atoms with Crippen LogP contribution in [0.25, 0.3) is 0 Å². The summed E-state index contributed by atoms with van der Waals surface area (Å²) in [6.07, 6.45) is 4.22. The van der Waals surface area contributed by atoms with Crippen molar-refractivity contribution in [2.45, 2.75) is 32.9 Å². The summed E-state index contributed by atoms with van der Waals surface area (Å²) in [5.74, 6) is 0. The van der Waals surface area contributed by atoms with Crippen molar-refractivity contribution in [3.8, 4) is 0 Å². The van der Waals surface area contributed by atoms with Gasteiger partial charge < -0.3 is 10.2 Å². The van der Waals surface area contributed by atoms with Gasteiger partial charge in [0.25, 0.3) is 0 Å². The van der Waals surface area contributed by atoms with Crippen molar-refractivity contribution in [3.05, 3.63) is 18.0 Å². The molecule has 0 amide bonds. The number of hydrogen-bond acceptors (Lipinski definition) is 3. The van der Waals surface area contributed by atoms with Crippen LogP contribution in [0.3, 0.4) is 0 Å². The minimum Gasteiger partial charge on any atom is -0.320 e. The molecule has 0 saturated heterocycles. The normalized spacial score (nSPS) is 11.2. The van der Waals surface area contributed by atoms with Crippen molar-refractivity contribution in [3.63, 3.8) is 0 Å². The van der Waals surface area contributed by atoms with Crippen LogP contribution in [-0.4, -0.2) is 41.9 Å². The summed E-state index contributed by atoms with van der Waals surface area (Å²) in [5.41, 5.74) is 1.31. The molecule has 0 unspecified atom stereocenters. The van der Waals surface area contributed by atoms with Crippen molar-refractivity contribution in [2.75, 3.05) is 27.2 Å². The molecule has 0 saturated carbocycles.